The average Bonchev–Trinajstić information content (AvgIpc) is 2.54. The predicted molar refractivity (Wildman–Crippen MR) is 74.1 cm³/mol. The van der Waals surface area contributed by atoms with E-state index in [4.69, 9.17) is 0 Å². The fourth-order valence-corrected chi connectivity index (χ4v) is 3.32. The summed E-state index contributed by atoms with van der Waals surface area (Å²) in [5, 5.41) is 13.0. The van der Waals surface area contributed by atoms with E-state index >= 15 is 0 Å². The number of rotatable bonds is 2. The van der Waals surface area contributed by atoms with E-state index in [-0.39, 0.29) is 11.9 Å². The van der Waals surface area contributed by atoms with Crippen LogP contribution in [-0.4, -0.2) is 23.2 Å². The van der Waals surface area contributed by atoms with Crippen molar-refractivity contribution in [3.05, 3.63) is 21.4 Å². The zero-order valence-electron chi connectivity index (χ0n) is 11.0. The Labute approximate surface area is 112 Å². The molecule has 1 fully saturated rings. The van der Waals surface area contributed by atoms with Crippen LogP contribution in [0.25, 0.3) is 0 Å². The van der Waals surface area contributed by atoms with Crippen molar-refractivity contribution in [1.82, 2.24) is 5.32 Å². The van der Waals surface area contributed by atoms with Gasteiger partial charge in [-0.05, 0) is 38.3 Å². The third-order valence-electron chi connectivity index (χ3n) is 3.69. The maximum absolute atomic E-state index is 12.1. The maximum atomic E-state index is 12.1. The van der Waals surface area contributed by atoms with E-state index in [2.05, 4.69) is 5.32 Å². The molecule has 0 aromatic carbocycles. The standard InChI is InChI=1S/C14H21NO2S/c1-9-8-13(18-10(9)2)14(17)15-11-6-4-3-5-7-12(11)16/h8,11-12,16H,3-7H2,1-2H3,(H,15,17). The molecule has 1 aliphatic rings. The quantitative estimate of drug-likeness (QED) is 0.810. The van der Waals surface area contributed by atoms with Gasteiger partial charge >= 0.3 is 0 Å². The summed E-state index contributed by atoms with van der Waals surface area (Å²) in [7, 11) is 0. The number of hydrogen-bond acceptors (Lipinski definition) is 3. The van der Waals surface area contributed by atoms with Crippen LogP contribution >= 0.6 is 11.3 Å². The molecular weight excluding hydrogens is 246 g/mol. The molecule has 2 unspecified atom stereocenters. The molecule has 1 aliphatic carbocycles. The zero-order chi connectivity index (χ0) is 13.1. The first-order chi connectivity index (χ1) is 8.58. The smallest absolute Gasteiger partial charge is 0.261 e. The van der Waals surface area contributed by atoms with Crippen LogP contribution < -0.4 is 5.32 Å². The van der Waals surface area contributed by atoms with Gasteiger partial charge in [0, 0.05) is 4.88 Å². The number of thiophene rings is 1. The van der Waals surface area contributed by atoms with E-state index in [1.54, 1.807) is 0 Å². The van der Waals surface area contributed by atoms with Crippen LogP contribution in [0.3, 0.4) is 0 Å². The molecule has 18 heavy (non-hydrogen) atoms. The lowest BCUT2D eigenvalue weighted by molar-refractivity contribution is 0.0822. The zero-order valence-corrected chi connectivity index (χ0v) is 11.8. The van der Waals surface area contributed by atoms with E-state index in [0.29, 0.717) is 0 Å². The summed E-state index contributed by atoms with van der Waals surface area (Å²) in [4.78, 5) is 14.1. The highest BCUT2D eigenvalue weighted by atomic mass is 32.1. The van der Waals surface area contributed by atoms with Crippen LogP contribution in [0.15, 0.2) is 6.07 Å². The Morgan fingerprint density at radius 1 is 1.33 bits per heavy atom. The molecule has 1 amide bonds. The molecule has 1 aromatic heterocycles. The topological polar surface area (TPSA) is 49.3 Å². The Morgan fingerprint density at radius 3 is 2.72 bits per heavy atom. The van der Waals surface area contributed by atoms with Crippen molar-refractivity contribution in [1.29, 1.82) is 0 Å². The van der Waals surface area contributed by atoms with Gasteiger partial charge < -0.3 is 10.4 Å². The number of carbonyl (C=O) groups is 1. The third kappa shape index (κ3) is 3.12. The maximum Gasteiger partial charge on any atom is 0.261 e. The van der Waals surface area contributed by atoms with Gasteiger partial charge in [0.1, 0.15) is 0 Å². The van der Waals surface area contributed by atoms with Crippen molar-refractivity contribution in [3.8, 4) is 0 Å². The molecule has 2 rings (SSSR count). The molecule has 2 N–H and O–H groups in total. The van der Waals surface area contributed by atoms with Gasteiger partial charge in [-0.25, -0.2) is 0 Å². The fraction of sp³-hybridized carbons (Fsp3) is 0.643. The van der Waals surface area contributed by atoms with Crippen molar-refractivity contribution in [2.45, 2.75) is 58.1 Å². The molecule has 2 atom stereocenters. The Morgan fingerprint density at radius 2 is 2.06 bits per heavy atom. The number of aliphatic hydroxyl groups is 1. The van der Waals surface area contributed by atoms with E-state index in [1.807, 2.05) is 19.9 Å². The Balaban J connectivity index is 2.01. The molecule has 0 aliphatic heterocycles. The fourth-order valence-electron chi connectivity index (χ4n) is 2.38. The monoisotopic (exact) mass is 267 g/mol. The van der Waals surface area contributed by atoms with Gasteiger partial charge in [0.25, 0.3) is 5.91 Å². The second-order valence-corrected chi connectivity index (χ2v) is 6.39. The van der Waals surface area contributed by atoms with E-state index in [1.165, 1.54) is 16.2 Å². The molecule has 0 radical (unpaired) electrons. The molecule has 0 saturated heterocycles. The van der Waals surface area contributed by atoms with Crippen LogP contribution in [0.4, 0.5) is 0 Å². The molecule has 1 aromatic rings. The van der Waals surface area contributed by atoms with Gasteiger partial charge in [-0.2, -0.15) is 0 Å². The molecule has 0 bridgehead atoms. The number of hydrogen-bond donors (Lipinski definition) is 2. The molecule has 100 valence electrons. The van der Waals surface area contributed by atoms with Crippen molar-refractivity contribution >= 4 is 17.2 Å². The number of aryl methyl sites for hydroxylation is 2. The lowest BCUT2D eigenvalue weighted by Crippen LogP contribution is -2.42. The molecular formula is C14H21NO2S. The largest absolute Gasteiger partial charge is 0.391 e. The number of amides is 1. The predicted octanol–water partition coefficient (Wildman–Crippen LogP) is 2.79. The van der Waals surface area contributed by atoms with Gasteiger partial charge in [-0.1, -0.05) is 19.3 Å². The highest BCUT2D eigenvalue weighted by molar-refractivity contribution is 7.14. The molecule has 3 nitrogen and oxygen atoms in total. The number of aliphatic hydroxyl groups excluding tert-OH is 1. The number of nitrogens with one attached hydrogen (secondary N) is 1. The molecule has 4 heteroatoms. The van der Waals surface area contributed by atoms with E-state index < -0.39 is 6.10 Å². The van der Waals surface area contributed by atoms with Crippen LogP contribution in [0.5, 0.6) is 0 Å². The van der Waals surface area contributed by atoms with E-state index in [0.717, 1.165) is 42.5 Å². The Hall–Kier alpha value is -0.870. The lowest BCUT2D eigenvalue weighted by Gasteiger charge is -2.21. The minimum Gasteiger partial charge on any atom is -0.391 e. The van der Waals surface area contributed by atoms with Crippen molar-refractivity contribution in [2.24, 2.45) is 0 Å². The van der Waals surface area contributed by atoms with Gasteiger partial charge in [-0.15, -0.1) is 11.3 Å². The van der Waals surface area contributed by atoms with E-state index in [9.17, 15) is 9.90 Å². The van der Waals surface area contributed by atoms with Gasteiger partial charge in [0.15, 0.2) is 0 Å². The third-order valence-corrected chi connectivity index (χ3v) is 4.84. The summed E-state index contributed by atoms with van der Waals surface area (Å²) in [5.41, 5.74) is 1.16. The average molecular weight is 267 g/mol. The minimum absolute atomic E-state index is 0.0397. The van der Waals surface area contributed by atoms with Crippen molar-refractivity contribution in [2.75, 3.05) is 0 Å². The molecule has 1 heterocycles. The summed E-state index contributed by atoms with van der Waals surface area (Å²) in [6.07, 6.45) is 4.60. The Kier molecular flexibility index (Phi) is 4.40. The van der Waals surface area contributed by atoms with Crippen LogP contribution in [0.1, 0.15) is 52.2 Å². The second-order valence-electron chi connectivity index (χ2n) is 5.14. The molecule has 1 saturated carbocycles. The minimum atomic E-state index is -0.390. The van der Waals surface area contributed by atoms with Gasteiger partial charge in [0.2, 0.25) is 0 Å². The highest BCUT2D eigenvalue weighted by Gasteiger charge is 2.24. The first kappa shape index (κ1) is 13.6. The van der Waals surface area contributed by atoms with Crippen LogP contribution in [0, 0.1) is 13.8 Å². The van der Waals surface area contributed by atoms with Crippen LogP contribution in [-0.2, 0) is 0 Å². The first-order valence-corrected chi connectivity index (χ1v) is 7.45. The highest BCUT2D eigenvalue weighted by Crippen LogP contribution is 2.22. The first-order valence-electron chi connectivity index (χ1n) is 6.64. The van der Waals surface area contributed by atoms with Crippen molar-refractivity contribution in [3.63, 3.8) is 0 Å². The van der Waals surface area contributed by atoms with Gasteiger partial charge in [-0.3, -0.25) is 4.79 Å². The lowest BCUT2D eigenvalue weighted by atomic mass is 10.1. The molecule has 0 spiro atoms. The summed E-state index contributed by atoms with van der Waals surface area (Å²) in [6.45, 7) is 4.04. The Bertz CT molecular complexity index is 408. The summed E-state index contributed by atoms with van der Waals surface area (Å²) >= 11 is 1.52. The van der Waals surface area contributed by atoms with Crippen molar-refractivity contribution < 1.29 is 9.90 Å². The number of carbonyl (C=O) groups excluding carboxylic acids is 1. The summed E-state index contributed by atoms with van der Waals surface area (Å²) in [5.74, 6) is -0.0397. The van der Waals surface area contributed by atoms with Gasteiger partial charge in [0.05, 0.1) is 17.0 Å². The second kappa shape index (κ2) is 5.85. The summed E-state index contributed by atoms with van der Waals surface area (Å²) in [6, 6.07) is 1.85. The van der Waals surface area contributed by atoms with Crippen LogP contribution in [0.2, 0.25) is 0 Å². The summed E-state index contributed by atoms with van der Waals surface area (Å²) < 4.78 is 0. The normalized spacial score (nSPS) is 24.6. The SMILES string of the molecule is Cc1cc(C(=O)NC2CCCCCC2O)sc1C.